The van der Waals surface area contributed by atoms with Crippen LogP contribution in [0.25, 0.3) is 0 Å². The van der Waals surface area contributed by atoms with Gasteiger partial charge in [-0.05, 0) is 29.8 Å². The molecule has 4 nitrogen and oxygen atoms in total. The van der Waals surface area contributed by atoms with Crippen molar-refractivity contribution in [3.63, 3.8) is 0 Å². The number of carbonyl (C=O) groups is 2. The molecule has 2 aromatic rings. The van der Waals surface area contributed by atoms with Gasteiger partial charge in [-0.2, -0.15) is 0 Å². The first kappa shape index (κ1) is 17.1. The third-order valence-electron chi connectivity index (χ3n) is 2.91. The first-order valence-corrected chi connectivity index (χ1v) is 7.49. The van der Waals surface area contributed by atoms with Gasteiger partial charge in [-0.25, -0.2) is 8.78 Å². The van der Waals surface area contributed by atoms with Crippen molar-refractivity contribution in [3.8, 4) is 0 Å². The zero-order valence-electron chi connectivity index (χ0n) is 11.9. The minimum atomic E-state index is -0.876. The maximum atomic E-state index is 13.4. The smallest absolute Gasteiger partial charge is 0.243 e. The number of rotatable bonds is 5. The fraction of sp³-hybridized carbons (Fsp3) is 0.125. The molecule has 0 atom stereocenters. The van der Waals surface area contributed by atoms with Gasteiger partial charge in [0.1, 0.15) is 11.6 Å². The van der Waals surface area contributed by atoms with E-state index in [0.717, 1.165) is 22.2 Å². The van der Waals surface area contributed by atoms with Gasteiger partial charge < -0.3 is 10.6 Å². The van der Waals surface area contributed by atoms with Crippen LogP contribution in [0.4, 0.5) is 14.5 Å². The van der Waals surface area contributed by atoms with Gasteiger partial charge in [-0.15, -0.1) is 0 Å². The minimum Gasteiger partial charge on any atom is -0.347 e. The van der Waals surface area contributed by atoms with E-state index >= 15 is 0 Å². The SMILES string of the molecule is O=C(Cc1cccc(Br)c1)NCC(=O)Nc1ccc(F)cc1F. The van der Waals surface area contributed by atoms with Crippen molar-refractivity contribution in [1.29, 1.82) is 0 Å². The summed E-state index contributed by atoms with van der Waals surface area (Å²) < 4.78 is 27.0. The Bertz CT molecular complexity index is 738. The molecular weight excluding hydrogens is 370 g/mol. The number of carbonyl (C=O) groups excluding carboxylic acids is 2. The van der Waals surface area contributed by atoms with Gasteiger partial charge >= 0.3 is 0 Å². The molecule has 2 aromatic carbocycles. The number of nitrogens with one attached hydrogen (secondary N) is 2. The van der Waals surface area contributed by atoms with E-state index in [1.807, 2.05) is 6.07 Å². The van der Waals surface area contributed by atoms with E-state index < -0.39 is 17.5 Å². The monoisotopic (exact) mass is 382 g/mol. The van der Waals surface area contributed by atoms with Crippen molar-refractivity contribution >= 4 is 33.4 Å². The average Bonchev–Trinajstić information content (AvgIpc) is 2.48. The van der Waals surface area contributed by atoms with E-state index in [-0.39, 0.29) is 24.6 Å². The second-order valence-electron chi connectivity index (χ2n) is 4.76. The number of halogens is 3. The van der Waals surface area contributed by atoms with Crippen LogP contribution in [-0.2, 0) is 16.0 Å². The number of hydrogen-bond acceptors (Lipinski definition) is 2. The molecule has 0 saturated carbocycles. The highest BCUT2D eigenvalue weighted by Gasteiger charge is 2.10. The topological polar surface area (TPSA) is 58.2 Å². The highest BCUT2D eigenvalue weighted by Crippen LogP contribution is 2.14. The maximum Gasteiger partial charge on any atom is 0.243 e. The van der Waals surface area contributed by atoms with E-state index in [1.54, 1.807) is 18.2 Å². The van der Waals surface area contributed by atoms with Crippen LogP contribution in [-0.4, -0.2) is 18.4 Å². The Hall–Kier alpha value is -2.28. The van der Waals surface area contributed by atoms with Gasteiger partial charge in [0.2, 0.25) is 11.8 Å². The van der Waals surface area contributed by atoms with Gasteiger partial charge in [0, 0.05) is 10.5 Å². The van der Waals surface area contributed by atoms with Gasteiger partial charge in [0.05, 0.1) is 18.7 Å². The summed E-state index contributed by atoms with van der Waals surface area (Å²) in [6.07, 6.45) is 0.123. The van der Waals surface area contributed by atoms with Crippen molar-refractivity contribution in [2.75, 3.05) is 11.9 Å². The van der Waals surface area contributed by atoms with Crippen molar-refractivity contribution in [1.82, 2.24) is 5.32 Å². The minimum absolute atomic E-state index is 0.123. The molecule has 0 aromatic heterocycles. The third kappa shape index (κ3) is 5.45. The second-order valence-corrected chi connectivity index (χ2v) is 5.67. The fourth-order valence-electron chi connectivity index (χ4n) is 1.86. The first-order valence-electron chi connectivity index (χ1n) is 6.70. The summed E-state index contributed by atoms with van der Waals surface area (Å²) in [6, 6.07) is 10.0. The summed E-state index contributed by atoms with van der Waals surface area (Å²) >= 11 is 3.31. The molecule has 0 saturated heterocycles. The van der Waals surface area contributed by atoms with Crippen molar-refractivity contribution in [2.24, 2.45) is 0 Å². The Balaban J connectivity index is 1.83. The lowest BCUT2D eigenvalue weighted by Crippen LogP contribution is -2.33. The first-order chi connectivity index (χ1) is 10.9. The molecule has 0 unspecified atom stereocenters. The predicted octanol–water partition coefficient (Wildman–Crippen LogP) is 3.02. The van der Waals surface area contributed by atoms with Crippen LogP contribution in [0.15, 0.2) is 46.9 Å². The highest BCUT2D eigenvalue weighted by atomic mass is 79.9. The van der Waals surface area contributed by atoms with Crippen LogP contribution in [0.2, 0.25) is 0 Å². The van der Waals surface area contributed by atoms with Gasteiger partial charge in [-0.1, -0.05) is 28.1 Å². The van der Waals surface area contributed by atoms with E-state index in [2.05, 4.69) is 26.6 Å². The third-order valence-corrected chi connectivity index (χ3v) is 3.40. The largest absolute Gasteiger partial charge is 0.347 e. The van der Waals surface area contributed by atoms with Crippen molar-refractivity contribution in [2.45, 2.75) is 6.42 Å². The Morgan fingerprint density at radius 2 is 1.83 bits per heavy atom. The van der Waals surface area contributed by atoms with E-state index in [1.165, 1.54) is 0 Å². The zero-order valence-corrected chi connectivity index (χ0v) is 13.5. The van der Waals surface area contributed by atoms with Crippen LogP contribution >= 0.6 is 15.9 Å². The fourth-order valence-corrected chi connectivity index (χ4v) is 2.31. The molecule has 2 amide bonds. The Morgan fingerprint density at radius 3 is 2.52 bits per heavy atom. The Labute approximate surface area is 140 Å². The maximum absolute atomic E-state index is 13.4. The molecule has 0 aliphatic carbocycles. The molecule has 23 heavy (non-hydrogen) atoms. The second kappa shape index (κ2) is 7.82. The molecule has 2 rings (SSSR count). The van der Waals surface area contributed by atoms with Crippen LogP contribution in [0, 0.1) is 11.6 Å². The standard InChI is InChI=1S/C16H13BrF2N2O2/c17-11-3-1-2-10(6-11)7-15(22)20-9-16(23)21-14-5-4-12(18)8-13(14)19/h1-6,8H,7,9H2,(H,20,22)(H,21,23). The summed E-state index contributed by atoms with van der Waals surface area (Å²) in [5, 5.41) is 4.70. The van der Waals surface area contributed by atoms with Gasteiger partial charge in [-0.3, -0.25) is 9.59 Å². The van der Waals surface area contributed by atoms with E-state index in [9.17, 15) is 18.4 Å². The highest BCUT2D eigenvalue weighted by molar-refractivity contribution is 9.10. The van der Waals surface area contributed by atoms with Crippen LogP contribution in [0.3, 0.4) is 0 Å². The zero-order chi connectivity index (χ0) is 16.8. The summed E-state index contributed by atoms with van der Waals surface area (Å²) in [6.45, 7) is -0.302. The molecule has 0 bridgehead atoms. The van der Waals surface area contributed by atoms with Crippen LogP contribution in [0.1, 0.15) is 5.56 Å². The van der Waals surface area contributed by atoms with E-state index in [4.69, 9.17) is 0 Å². The molecule has 0 aliphatic rings. The molecule has 0 fully saturated rings. The molecule has 7 heteroatoms. The molecule has 0 heterocycles. The molecule has 0 aliphatic heterocycles. The van der Waals surface area contributed by atoms with Crippen molar-refractivity contribution < 1.29 is 18.4 Å². The number of hydrogen-bond donors (Lipinski definition) is 2. The number of amides is 2. The molecule has 120 valence electrons. The van der Waals surface area contributed by atoms with Crippen molar-refractivity contribution in [3.05, 3.63) is 64.1 Å². The van der Waals surface area contributed by atoms with Gasteiger partial charge in [0.25, 0.3) is 0 Å². The lowest BCUT2D eigenvalue weighted by Gasteiger charge is -2.08. The van der Waals surface area contributed by atoms with Crippen LogP contribution < -0.4 is 10.6 Å². The van der Waals surface area contributed by atoms with E-state index in [0.29, 0.717) is 6.07 Å². The molecule has 2 N–H and O–H groups in total. The molecule has 0 spiro atoms. The number of benzene rings is 2. The Kier molecular flexibility index (Phi) is 5.81. The summed E-state index contributed by atoms with van der Waals surface area (Å²) in [5.74, 6) is -2.54. The average molecular weight is 383 g/mol. The summed E-state index contributed by atoms with van der Waals surface area (Å²) in [7, 11) is 0. The van der Waals surface area contributed by atoms with Crippen LogP contribution in [0.5, 0.6) is 0 Å². The lowest BCUT2D eigenvalue weighted by molar-refractivity contribution is -0.123. The summed E-state index contributed by atoms with van der Waals surface area (Å²) in [4.78, 5) is 23.4. The predicted molar refractivity (Wildman–Crippen MR) is 85.8 cm³/mol. The lowest BCUT2D eigenvalue weighted by atomic mass is 10.1. The quantitative estimate of drug-likeness (QED) is 0.834. The summed E-state index contributed by atoms with van der Waals surface area (Å²) in [5.41, 5.74) is 0.652. The molecular formula is C16H13BrF2N2O2. The number of anilines is 1. The Morgan fingerprint density at radius 1 is 1.04 bits per heavy atom. The van der Waals surface area contributed by atoms with Gasteiger partial charge in [0.15, 0.2) is 0 Å². The normalized spacial score (nSPS) is 10.2. The molecule has 0 radical (unpaired) electrons.